The smallest absolute Gasteiger partial charge is 0.101 e. The maximum Gasteiger partial charge on any atom is 0.101 e. The summed E-state index contributed by atoms with van der Waals surface area (Å²) >= 11 is 0. The Bertz CT molecular complexity index is 1980. The maximum atomic E-state index is 10.0. The van der Waals surface area contributed by atoms with Gasteiger partial charge in [-0.15, -0.1) is 0 Å². The van der Waals surface area contributed by atoms with E-state index in [2.05, 4.69) is 108 Å². The lowest BCUT2D eigenvalue weighted by molar-refractivity contribution is 0.632. The highest BCUT2D eigenvalue weighted by atomic mass is 15.2. The van der Waals surface area contributed by atoms with Gasteiger partial charge < -0.3 is 9.47 Å². The standard InChI is InChI=1S/C35H24N4/c1-35(2)28-16-7-9-18-31(28)38(25-13-4-3-5-14-25)33-19-27-26-15-6-8-17-30(26)39(32(27)20-29(33)35)34-23(21-36)11-10-12-24(34)22-37/h3-20H,1-2H3. The Morgan fingerprint density at radius 3 is 2.00 bits per heavy atom. The summed E-state index contributed by atoms with van der Waals surface area (Å²) in [4.78, 5) is 2.35. The van der Waals surface area contributed by atoms with E-state index in [1.54, 1.807) is 18.2 Å². The normalized spacial score (nSPS) is 13.5. The summed E-state index contributed by atoms with van der Waals surface area (Å²) in [5.74, 6) is 0. The highest BCUT2D eigenvalue weighted by Gasteiger charge is 2.37. The van der Waals surface area contributed by atoms with E-state index in [0.717, 1.165) is 33.2 Å². The lowest BCUT2D eigenvalue weighted by Crippen LogP contribution is -2.30. The molecule has 0 unspecified atom stereocenters. The molecule has 7 rings (SSSR count). The molecule has 1 aromatic heterocycles. The molecule has 4 nitrogen and oxygen atoms in total. The molecule has 0 spiro atoms. The molecule has 1 aliphatic rings. The summed E-state index contributed by atoms with van der Waals surface area (Å²) in [5.41, 5.74) is 9.10. The average Bonchev–Trinajstić information content (AvgIpc) is 3.30. The highest BCUT2D eigenvalue weighted by Crippen LogP contribution is 2.53. The van der Waals surface area contributed by atoms with Crippen LogP contribution in [0.3, 0.4) is 0 Å². The van der Waals surface area contributed by atoms with Crippen LogP contribution in [0.5, 0.6) is 0 Å². The van der Waals surface area contributed by atoms with Gasteiger partial charge in [-0.05, 0) is 59.7 Å². The molecule has 0 N–H and O–H groups in total. The number of rotatable bonds is 2. The number of nitrogens with zero attached hydrogens (tertiary/aromatic N) is 4. The highest BCUT2D eigenvalue weighted by molar-refractivity contribution is 6.12. The van der Waals surface area contributed by atoms with Gasteiger partial charge in [0.05, 0.1) is 39.2 Å². The van der Waals surface area contributed by atoms with Crippen molar-refractivity contribution in [2.24, 2.45) is 0 Å². The van der Waals surface area contributed by atoms with Crippen LogP contribution in [0.15, 0.2) is 109 Å². The molecule has 5 aromatic carbocycles. The lowest BCUT2D eigenvalue weighted by atomic mass is 9.73. The van der Waals surface area contributed by atoms with Gasteiger partial charge in [-0.1, -0.05) is 74.5 Å². The third-order valence-corrected chi connectivity index (χ3v) is 8.04. The van der Waals surface area contributed by atoms with Gasteiger partial charge in [0.2, 0.25) is 0 Å². The fourth-order valence-corrected chi connectivity index (χ4v) is 6.22. The van der Waals surface area contributed by atoms with E-state index in [9.17, 15) is 10.5 Å². The van der Waals surface area contributed by atoms with Crippen molar-refractivity contribution in [1.82, 2.24) is 4.57 Å². The first kappa shape index (κ1) is 22.8. The van der Waals surface area contributed by atoms with Crippen LogP contribution < -0.4 is 4.90 Å². The van der Waals surface area contributed by atoms with Gasteiger partial charge in [-0.25, -0.2) is 0 Å². The van der Waals surface area contributed by atoms with E-state index in [0.29, 0.717) is 16.8 Å². The van der Waals surface area contributed by atoms with E-state index in [4.69, 9.17) is 0 Å². The van der Waals surface area contributed by atoms with Crippen molar-refractivity contribution >= 4 is 38.9 Å². The predicted octanol–water partition coefficient (Wildman–Crippen LogP) is 8.64. The molecule has 0 amide bonds. The molecule has 1 aliphatic heterocycles. The number of nitriles is 2. The number of hydrogen-bond acceptors (Lipinski definition) is 3. The molecule has 0 radical (unpaired) electrons. The number of anilines is 3. The van der Waals surface area contributed by atoms with Gasteiger partial charge in [-0.3, -0.25) is 0 Å². The van der Waals surface area contributed by atoms with Crippen molar-refractivity contribution in [2.45, 2.75) is 19.3 Å². The minimum Gasteiger partial charge on any atom is -0.310 e. The molecule has 2 heterocycles. The summed E-state index contributed by atoms with van der Waals surface area (Å²) in [7, 11) is 0. The van der Waals surface area contributed by atoms with Crippen LogP contribution in [0.1, 0.15) is 36.1 Å². The Hall–Kier alpha value is -5.32. The fraction of sp³-hybridized carbons (Fsp3) is 0.0857. The number of hydrogen-bond donors (Lipinski definition) is 0. The van der Waals surface area contributed by atoms with Crippen molar-refractivity contribution in [3.63, 3.8) is 0 Å². The van der Waals surface area contributed by atoms with Crippen molar-refractivity contribution in [1.29, 1.82) is 10.5 Å². The topological polar surface area (TPSA) is 55.8 Å². The molecule has 39 heavy (non-hydrogen) atoms. The Morgan fingerprint density at radius 1 is 0.590 bits per heavy atom. The van der Waals surface area contributed by atoms with Gasteiger partial charge >= 0.3 is 0 Å². The first-order valence-corrected chi connectivity index (χ1v) is 13.0. The zero-order chi connectivity index (χ0) is 26.7. The molecule has 0 saturated carbocycles. The van der Waals surface area contributed by atoms with Gasteiger partial charge in [0.15, 0.2) is 0 Å². The number of fused-ring (bicyclic) bond motifs is 5. The van der Waals surface area contributed by atoms with Crippen LogP contribution in [-0.2, 0) is 5.41 Å². The fourth-order valence-electron chi connectivity index (χ4n) is 6.22. The Morgan fingerprint density at radius 2 is 1.26 bits per heavy atom. The summed E-state index contributed by atoms with van der Waals surface area (Å²) in [6.45, 7) is 4.55. The van der Waals surface area contributed by atoms with Crippen LogP contribution in [0.2, 0.25) is 0 Å². The molecular formula is C35H24N4. The summed E-state index contributed by atoms with van der Waals surface area (Å²) in [6.07, 6.45) is 0. The molecule has 0 bridgehead atoms. The zero-order valence-corrected chi connectivity index (χ0v) is 21.7. The van der Waals surface area contributed by atoms with Crippen LogP contribution in [-0.4, -0.2) is 4.57 Å². The Labute approximate surface area is 227 Å². The second-order valence-corrected chi connectivity index (χ2v) is 10.5. The minimum atomic E-state index is -0.278. The van der Waals surface area contributed by atoms with Crippen molar-refractivity contribution in [2.75, 3.05) is 4.90 Å². The van der Waals surface area contributed by atoms with E-state index in [1.807, 2.05) is 18.2 Å². The first-order chi connectivity index (χ1) is 19.0. The minimum absolute atomic E-state index is 0.278. The maximum absolute atomic E-state index is 10.0. The molecule has 0 atom stereocenters. The Kier molecular flexibility index (Phi) is 4.89. The molecule has 4 heteroatoms. The van der Waals surface area contributed by atoms with Crippen molar-refractivity contribution in [3.8, 4) is 17.8 Å². The molecular weight excluding hydrogens is 476 g/mol. The SMILES string of the molecule is CC1(C)c2ccccc2N(c2ccccc2)c2cc3c4ccccc4n(-c4c(C#N)cccc4C#N)c3cc21. The summed E-state index contributed by atoms with van der Waals surface area (Å²) in [5, 5.41) is 22.3. The van der Waals surface area contributed by atoms with E-state index >= 15 is 0 Å². The average molecular weight is 501 g/mol. The molecule has 184 valence electrons. The monoisotopic (exact) mass is 500 g/mol. The van der Waals surface area contributed by atoms with E-state index in [-0.39, 0.29) is 5.41 Å². The van der Waals surface area contributed by atoms with Crippen LogP contribution >= 0.6 is 0 Å². The van der Waals surface area contributed by atoms with Gasteiger partial charge in [0.1, 0.15) is 12.1 Å². The van der Waals surface area contributed by atoms with Crippen LogP contribution in [0, 0.1) is 22.7 Å². The largest absolute Gasteiger partial charge is 0.310 e. The lowest BCUT2D eigenvalue weighted by Gasteiger charge is -2.42. The van der Waals surface area contributed by atoms with Gasteiger partial charge in [-0.2, -0.15) is 10.5 Å². The summed E-state index contributed by atoms with van der Waals surface area (Å²) in [6, 6.07) is 41.9. The number of para-hydroxylation sites is 4. The molecule has 0 aliphatic carbocycles. The second-order valence-electron chi connectivity index (χ2n) is 10.5. The van der Waals surface area contributed by atoms with Crippen molar-refractivity contribution < 1.29 is 0 Å². The summed E-state index contributed by atoms with van der Waals surface area (Å²) < 4.78 is 2.10. The number of aromatic nitrogens is 1. The third kappa shape index (κ3) is 3.16. The van der Waals surface area contributed by atoms with Crippen molar-refractivity contribution in [3.05, 3.63) is 131 Å². The third-order valence-electron chi connectivity index (χ3n) is 8.04. The first-order valence-electron chi connectivity index (χ1n) is 13.0. The molecule has 6 aromatic rings. The molecule has 0 saturated heterocycles. The van der Waals surface area contributed by atoms with Crippen LogP contribution in [0.25, 0.3) is 27.5 Å². The van der Waals surface area contributed by atoms with Gasteiger partial charge in [0, 0.05) is 21.9 Å². The second kappa shape index (κ2) is 8.35. The number of benzene rings is 5. The molecule has 0 fully saturated rings. The zero-order valence-electron chi connectivity index (χ0n) is 21.7. The van der Waals surface area contributed by atoms with Gasteiger partial charge in [0.25, 0.3) is 0 Å². The Balaban J connectivity index is 1.65. The van der Waals surface area contributed by atoms with E-state index < -0.39 is 0 Å². The quantitative estimate of drug-likeness (QED) is 0.239. The predicted molar refractivity (Wildman–Crippen MR) is 157 cm³/mol. The van der Waals surface area contributed by atoms with E-state index in [1.165, 1.54) is 16.8 Å². The van der Waals surface area contributed by atoms with Crippen LogP contribution in [0.4, 0.5) is 17.1 Å².